The topological polar surface area (TPSA) is 144 Å². The molecule has 11 heteroatoms. The fourth-order valence-electron chi connectivity index (χ4n) is 13.2. The summed E-state index contributed by atoms with van der Waals surface area (Å²) >= 11 is 0. The first kappa shape index (κ1) is 59.3. The Hall–Kier alpha value is -12.0. The molecule has 0 spiro atoms. The first-order chi connectivity index (χ1) is 44.5. The van der Waals surface area contributed by atoms with E-state index in [2.05, 4.69) is 42.3 Å². The average Bonchev–Trinajstić information content (AvgIpc) is 1.57. The van der Waals surface area contributed by atoms with Crippen LogP contribution in [-0.2, 0) is 0 Å². The van der Waals surface area contributed by atoms with E-state index in [9.17, 15) is 39.3 Å². The molecule has 0 bridgehead atoms. The highest BCUT2D eigenvalue weighted by atomic mass is 19.1. The number of hydrogen-bond acceptors (Lipinski definition) is 8. The molecule has 0 radical (unpaired) electrons. The Morgan fingerprint density at radius 2 is 0.967 bits per heavy atom. The highest BCUT2D eigenvalue weighted by Gasteiger charge is 2.65. The summed E-state index contributed by atoms with van der Waals surface area (Å²) in [6.45, 7) is 0. The summed E-state index contributed by atoms with van der Waals surface area (Å²) in [5.74, 6) is 1.80. The number of rotatable bonds is 10. The molecule has 2 fully saturated rings. The van der Waals surface area contributed by atoms with Crippen molar-refractivity contribution in [1.29, 1.82) is 15.8 Å². The molecule has 7 atom stereocenters. The fraction of sp³-hybridized carbons (Fsp3) is 0.100. The van der Waals surface area contributed by atoms with Crippen LogP contribution in [0.25, 0.3) is 46.8 Å². The number of hydrogen-bond donors (Lipinski definition) is 1. The van der Waals surface area contributed by atoms with Crippen molar-refractivity contribution in [3.8, 4) is 58.8 Å². The number of ketones is 2. The van der Waals surface area contributed by atoms with Gasteiger partial charge in [-0.2, -0.15) is 15.8 Å². The first-order valence-electron chi connectivity index (χ1n) is 29.6. The Balaban J connectivity index is 0.000000133. The Morgan fingerprint density at radius 1 is 0.484 bits per heavy atom. The third-order valence-corrected chi connectivity index (χ3v) is 17.3. The molecule has 4 aliphatic heterocycles. The predicted molar refractivity (Wildman–Crippen MR) is 349 cm³/mol. The number of aromatic hydroxyl groups is 1. The highest BCUT2D eigenvalue weighted by Crippen LogP contribution is 2.61. The van der Waals surface area contributed by atoms with Gasteiger partial charge in [0.1, 0.15) is 29.5 Å². The number of nitriles is 3. The summed E-state index contributed by atoms with van der Waals surface area (Å²) in [6, 6.07) is 81.0. The molecule has 4 aliphatic rings. The molecule has 10 aromatic rings. The smallest absolute Gasteiger partial charge is 0.361 e. The Labute approximate surface area is 526 Å². The zero-order valence-corrected chi connectivity index (χ0v) is 48.9. The van der Waals surface area contributed by atoms with E-state index < -0.39 is 58.5 Å². The molecule has 1 aromatic heterocycles. The second-order valence-electron chi connectivity index (χ2n) is 22.5. The van der Waals surface area contributed by atoms with Crippen LogP contribution in [0.3, 0.4) is 0 Å². The normalized spacial score (nSPS) is 20.0. The SMILES string of the molecule is C#CC1(C#N)C(c2cccc(F)c2)C(C(=O)c2ccc(F)cc2)N2C=Cc3ccccc3C21.N#CC1(C#N)C(c2ccccc2)[C@@H](C(=O)c2ccccc2)N2C=Cc3ccccc3[C@@H]21.Oc1ccc(/C=C/c2cc(-c3ccccc3)cc(-c3ccccc3)[o+]2)cc1. The van der Waals surface area contributed by atoms with Crippen molar-refractivity contribution in [2.75, 3.05) is 0 Å². The van der Waals surface area contributed by atoms with Crippen LogP contribution < -0.4 is 0 Å². The number of terminal acetylenes is 1. The van der Waals surface area contributed by atoms with Crippen LogP contribution in [0.1, 0.15) is 89.3 Å². The maximum Gasteiger partial charge on any atom is 0.361 e. The van der Waals surface area contributed by atoms with Gasteiger partial charge in [-0.3, -0.25) is 9.59 Å². The van der Waals surface area contributed by atoms with Gasteiger partial charge in [-0.25, -0.2) is 13.2 Å². The van der Waals surface area contributed by atoms with E-state index >= 15 is 0 Å². The quantitative estimate of drug-likeness (QED) is 0.0804. The predicted octanol–water partition coefficient (Wildman–Crippen LogP) is 17.4. The van der Waals surface area contributed by atoms with Gasteiger partial charge < -0.3 is 14.9 Å². The lowest BCUT2D eigenvalue weighted by molar-refractivity contribution is 0.0867. The van der Waals surface area contributed by atoms with Crippen LogP contribution in [0.4, 0.5) is 8.78 Å². The van der Waals surface area contributed by atoms with Crippen molar-refractivity contribution in [2.24, 2.45) is 10.8 Å². The van der Waals surface area contributed by atoms with E-state index in [4.69, 9.17) is 10.8 Å². The molecule has 1 N–H and O–H groups in total. The van der Waals surface area contributed by atoms with E-state index in [0.717, 1.165) is 61.6 Å². The zero-order valence-electron chi connectivity index (χ0n) is 48.9. The molecule has 5 heterocycles. The molecule has 9 aromatic carbocycles. The van der Waals surface area contributed by atoms with Crippen LogP contribution in [0, 0.1) is 68.8 Å². The highest BCUT2D eigenvalue weighted by molar-refractivity contribution is 6.02. The second kappa shape index (κ2) is 25.7. The fourth-order valence-corrected chi connectivity index (χ4v) is 13.2. The van der Waals surface area contributed by atoms with Crippen molar-refractivity contribution < 1.29 is 27.9 Å². The first-order valence-corrected chi connectivity index (χ1v) is 29.6. The number of Topliss-reactive ketones (excluding diaryl/α,β-unsaturated/α-hetero) is 2. The third kappa shape index (κ3) is 11.4. The molecule has 9 nitrogen and oxygen atoms in total. The van der Waals surface area contributed by atoms with Crippen molar-refractivity contribution in [2.45, 2.75) is 36.0 Å². The summed E-state index contributed by atoms with van der Waals surface area (Å²) in [5, 5.41) is 40.8. The molecular weight excluding hydrogens is 1130 g/mol. The summed E-state index contributed by atoms with van der Waals surface area (Å²) in [6.07, 6.45) is 17.5. The lowest BCUT2D eigenvalue weighted by atomic mass is 9.67. The van der Waals surface area contributed by atoms with Gasteiger partial charge in [-0.1, -0.05) is 188 Å². The summed E-state index contributed by atoms with van der Waals surface area (Å²) in [5.41, 5.74) is 7.17. The Bertz CT molecular complexity index is 4520. The number of carbonyl (C=O) groups excluding carboxylic acids is 2. The molecule has 5 unspecified atom stereocenters. The van der Waals surface area contributed by atoms with E-state index in [1.165, 1.54) is 36.4 Å². The van der Waals surface area contributed by atoms with E-state index in [0.29, 0.717) is 16.7 Å². The van der Waals surface area contributed by atoms with Gasteiger partial charge in [0.05, 0.1) is 48.0 Å². The van der Waals surface area contributed by atoms with Crippen LogP contribution in [-0.4, -0.2) is 38.6 Å². The van der Waals surface area contributed by atoms with Gasteiger partial charge in [0.25, 0.3) is 0 Å². The van der Waals surface area contributed by atoms with Gasteiger partial charge >= 0.3 is 11.5 Å². The largest absolute Gasteiger partial charge is 0.508 e. The molecule has 2 saturated heterocycles. The van der Waals surface area contributed by atoms with Gasteiger partial charge in [0, 0.05) is 47.0 Å². The molecule has 438 valence electrons. The number of carbonyl (C=O) groups is 2. The molecule has 14 rings (SSSR count). The molecule has 0 saturated carbocycles. The number of phenols is 1. The van der Waals surface area contributed by atoms with Crippen molar-refractivity contribution in [3.63, 3.8) is 0 Å². The van der Waals surface area contributed by atoms with Gasteiger partial charge in [0.15, 0.2) is 22.4 Å². The van der Waals surface area contributed by atoms with Gasteiger partial charge in [-0.15, -0.1) is 6.42 Å². The maximum atomic E-state index is 14.3. The maximum absolute atomic E-state index is 14.3. The summed E-state index contributed by atoms with van der Waals surface area (Å²) < 4.78 is 34.0. The number of nitrogens with zero attached hydrogens (tertiary/aromatic N) is 5. The lowest BCUT2D eigenvalue weighted by Gasteiger charge is -2.35. The average molecular weight is 1190 g/mol. The van der Waals surface area contributed by atoms with Crippen LogP contribution in [0.15, 0.2) is 272 Å². The van der Waals surface area contributed by atoms with Crippen molar-refractivity contribution in [3.05, 3.63) is 335 Å². The monoisotopic (exact) mass is 1190 g/mol. The summed E-state index contributed by atoms with van der Waals surface area (Å²) in [7, 11) is 0. The molecule has 0 aliphatic carbocycles. The molecular formula is C80H56F2N5O4+. The number of benzene rings is 9. The lowest BCUT2D eigenvalue weighted by Crippen LogP contribution is -2.37. The number of halogens is 2. The molecule has 0 amide bonds. The van der Waals surface area contributed by atoms with Gasteiger partial charge in [0.2, 0.25) is 0 Å². The third-order valence-electron chi connectivity index (χ3n) is 17.3. The van der Waals surface area contributed by atoms with E-state index in [1.807, 2.05) is 204 Å². The Morgan fingerprint density at radius 3 is 1.52 bits per heavy atom. The van der Waals surface area contributed by atoms with E-state index in [1.54, 1.807) is 42.6 Å². The summed E-state index contributed by atoms with van der Waals surface area (Å²) in [4.78, 5) is 31.4. The van der Waals surface area contributed by atoms with Crippen molar-refractivity contribution in [1.82, 2.24) is 9.80 Å². The van der Waals surface area contributed by atoms with Crippen LogP contribution in [0.5, 0.6) is 5.75 Å². The number of phenolic OH excluding ortho intramolecular Hbond substituents is 1. The zero-order chi connectivity index (χ0) is 63.1. The van der Waals surface area contributed by atoms with Gasteiger partial charge in [-0.05, 0) is 123 Å². The second-order valence-corrected chi connectivity index (χ2v) is 22.5. The molecule has 91 heavy (non-hydrogen) atoms. The van der Waals surface area contributed by atoms with Crippen LogP contribution in [0.2, 0.25) is 0 Å². The van der Waals surface area contributed by atoms with Crippen LogP contribution >= 0.6 is 0 Å². The Kier molecular flexibility index (Phi) is 16.8. The minimum atomic E-state index is -1.45. The standard InChI is InChI=1S/C28H18F2N2O.C27H19N3O.C25H18O2/c1-2-28(17-31)24(20-7-5-8-22(30)16-20)25(26(33)19-10-12-21(29)13-11-19)32-15-14-18-6-3-4-9-23(18)27(28)32;28-17-27(18-29)23(20-10-3-1-4-11-20)24(25(31)21-12-5-2-6-13-21)30-16-15-19-9-7-8-14-22(19)26(27)30;26-23-14-11-19(12-15-23)13-16-24-17-22(20-7-3-1-4-8-20)18-25(27-24)21-9-5-2-6-10-21/h1,3-16,24-25,27H;1-16,23-24,26H;1-18H/p+1/b;;16-13+/t;23?,24-,26+;/m.0./s1. The van der Waals surface area contributed by atoms with Crippen molar-refractivity contribution >= 4 is 35.9 Å². The minimum absolute atomic E-state index is 0.0872. The number of fused-ring (bicyclic) bond motifs is 6. The minimum Gasteiger partial charge on any atom is -0.508 e. The van der Waals surface area contributed by atoms with E-state index in [-0.39, 0.29) is 17.3 Å².